The molecule has 0 spiro atoms. The number of alkyl halides is 3. The lowest BCUT2D eigenvalue weighted by molar-refractivity contribution is -0.141. The van der Waals surface area contributed by atoms with Crippen LogP contribution in [0.15, 0.2) is 6.33 Å². The van der Waals surface area contributed by atoms with Crippen molar-refractivity contribution in [3.63, 3.8) is 0 Å². The summed E-state index contributed by atoms with van der Waals surface area (Å²) < 4.78 is 41.2. The third-order valence-electron chi connectivity index (χ3n) is 3.45. The van der Waals surface area contributed by atoms with Gasteiger partial charge in [0.05, 0.1) is 0 Å². The summed E-state index contributed by atoms with van der Waals surface area (Å²) in [5.74, 6) is -0.426. The summed E-state index contributed by atoms with van der Waals surface area (Å²) >= 11 is 0. The Morgan fingerprint density at radius 2 is 1.86 bits per heavy atom. The molecule has 0 aliphatic carbocycles. The third kappa shape index (κ3) is 2.93. The van der Waals surface area contributed by atoms with Gasteiger partial charge in [0.15, 0.2) is 5.69 Å². The molecule has 2 aromatic rings. The van der Waals surface area contributed by atoms with Crippen LogP contribution in [0.5, 0.6) is 0 Å². The van der Waals surface area contributed by atoms with Gasteiger partial charge in [-0.15, -0.1) is 0 Å². The molecule has 116 valence electrons. The minimum absolute atomic E-state index is 0.0169. The van der Waals surface area contributed by atoms with Crippen molar-refractivity contribution in [2.24, 2.45) is 0 Å². The number of nitrogens with two attached hydrogens (primary N) is 1. The van der Waals surface area contributed by atoms with Gasteiger partial charge < -0.3 is 5.73 Å². The maximum atomic E-state index is 13.3. The van der Waals surface area contributed by atoms with Crippen LogP contribution >= 0.6 is 0 Å². The van der Waals surface area contributed by atoms with Crippen molar-refractivity contribution < 1.29 is 13.2 Å². The molecule has 0 amide bonds. The molecule has 0 saturated heterocycles. The van der Waals surface area contributed by atoms with E-state index >= 15 is 0 Å². The van der Waals surface area contributed by atoms with Crippen LogP contribution in [-0.2, 0) is 6.18 Å². The van der Waals surface area contributed by atoms with Gasteiger partial charge in [0.2, 0.25) is 0 Å². The second-order valence-corrected chi connectivity index (χ2v) is 5.00. The summed E-state index contributed by atoms with van der Waals surface area (Å²) in [5, 5.41) is 3.86. The van der Waals surface area contributed by atoms with Gasteiger partial charge in [0.25, 0.3) is 5.78 Å². The molecular weight excluding hydrogens is 283 g/mol. The molecule has 0 aliphatic rings. The Balaban J connectivity index is 2.70. The van der Waals surface area contributed by atoms with Crippen molar-refractivity contribution in [2.45, 2.75) is 51.6 Å². The second-order valence-electron chi connectivity index (χ2n) is 5.00. The van der Waals surface area contributed by atoms with Crippen LogP contribution in [0.3, 0.4) is 0 Å². The van der Waals surface area contributed by atoms with Gasteiger partial charge >= 0.3 is 6.18 Å². The monoisotopic (exact) mass is 301 g/mol. The molecule has 0 aromatic carbocycles. The number of nitrogens with zero attached hydrogens (tertiary/aromatic N) is 4. The van der Waals surface area contributed by atoms with Gasteiger partial charge in [-0.3, -0.25) is 0 Å². The van der Waals surface area contributed by atoms with Crippen molar-refractivity contribution in [1.29, 1.82) is 0 Å². The zero-order chi connectivity index (χ0) is 15.6. The Hall–Kier alpha value is -1.86. The number of nitrogen functional groups attached to an aromatic ring is 1. The Morgan fingerprint density at radius 1 is 1.24 bits per heavy atom. The molecule has 5 nitrogen and oxygen atoms in total. The van der Waals surface area contributed by atoms with E-state index in [1.54, 1.807) is 0 Å². The Morgan fingerprint density at radius 3 is 2.38 bits per heavy atom. The highest BCUT2D eigenvalue weighted by atomic mass is 19.4. The van der Waals surface area contributed by atoms with Crippen LogP contribution in [0.2, 0.25) is 0 Å². The van der Waals surface area contributed by atoms with Gasteiger partial charge in [0, 0.05) is 5.56 Å². The highest BCUT2D eigenvalue weighted by Crippen LogP contribution is 2.40. The zero-order valence-electron chi connectivity index (χ0n) is 12.0. The fraction of sp³-hybridized carbons (Fsp3) is 0.615. The SMILES string of the molecule is CCCC(CCC)c1c(C(F)(F)F)nc2ncnn2c1N. The van der Waals surface area contributed by atoms with E-state index in [4.69, 9.17) is 5.73 Å². The summed E-state index contributed by atoms with van der Waals surface area (Å²) in [6, 6.07) is 0. The number of fused-ring (bicyclic) bond motifs is 1. The molecule has 0 radical (unpaired) electrons. The predicted molar refractivity (Wildman–Crippen MR) is 72.8 cm³/mol. The zero-order valence-corrected chi connectivity index (χ0v) is 12.0. The number of hydrogen-bond acceptors (Lipinski definition) is 4. The summed E-state index contributed by atoms with van der Waals surface area (Å²) in [5.41, 5.74) is 5.05. The molecule has 2 heterocycles. The summed E-state index contributed by atoms with van der Waals surface area (Å²) in [4.78, 5) is 7.34. The fourth-order valence-electron chi connectivity index (χ4n) is 2.63. The third-order valence-corrected chi connectivity index (χ3v) is 3.45. The summed E-state index contributed by atoms with van der Waals surface area (Å²) in [6.07, 6.45) is -0.603. The van der Waals surface area contributed by atoms with E-state index in [9.17, 15) is 13.2 Å². The molecule has 2 rings (SSSR count). The summed E-state index contributed by atoms with van der Waals surface area (Å²) in [7, 11) is 0. The van der Waals surface area contributed by atoms with E-state index in [1.165, 1.54) is 4.52 Å². The largest absolute Gasteiger partial charge is 0.433 e. The number of hydrogen-bond donors (Lipinski definition) is 1. The van der Waals surface area contributed by atoms with Gasteiger partial charge in [0.1, 0.15) is 12.1 Å². The second kappa shape index (κ2) is 5.87. The van der Waals surface area contributed by atoms with Crippen LogP contribution < -0.4 is 5.73 Å². The Labute approximate surface area is 120 Å². The van der Waals surface area contributed by atoms with Crippen molar-refractivity contribution >= 4 is 11.6 Å². The minimum atomic E-state index is -4.56. The smallest absolute Gasteiger partial charge is 0.383 e. The number of aromatic nitrogens is 4. The average Bonchev–Trinajstić information content (AvgIpc) is 2.86. The molecule has 0 unspecified atom stereocenters. The molecule has 8 heteroatoms. The van der Waals surface area contributed by atoms with Crippen molar-refractivity contribution in [3.05, 3.63) is 17.6 Å². The lowest BCUT2D eigenvalue weighted by atomic mass is 9.89. The number of halogens is 3. The molecular formula is C13H18F3N5. The summed E-state index contributed by atoms with van der Waals surface area (Å²) in [6.45, 7) is 3.88. The maximum absolute atomic E-state index is 13.3. The molecule has 0 saturated carbocycles. The van der Waals surface area contributed by atoms with Crippen LogP contribution in [0.4, 0.5) is 19.0 Å². The van der Waals surface area contributed by atoms with E-state index in [0.29, 0.717) is 12.8 Å². The van der Waals surface area contributed by atoms with Crippen LogP contribution in [0.25, 0.3) is 5.78 Å². The van der Waals surface area contributed by atoms with Crippen molar-refractivity contribution in [3.8, 4) is 0 Å². The molecule has 2 aromatic heterocycles. The fourth-order valence-corrected chi connectivity index (χ4v) is 2.63. The lowest BCUT2D eigenvalue weighted by Gasteiger charge is -2.22. The first-order valence-corrected chi connectivity index (χ1v) is 6.96. The molecule has 0 aliphatic heterocycles. The van der Waals surface area contributed by atoms with E-state index in [-0.39, 0.29) is 23.1 Å². The van der Waals surface area contributed by atoms with Crippen molar-refractivity contribution in [1.82, 2.24) is 19.6 Å². The number of rotatable bonds is 5. The van der Waals surface area contributed by atoms with Gasteiger partial charge in [-0.05, 0) is 18.8 Å². The van der Waals surface area contributed by atoms with Gasteiger partial charge in [-0.2, -0.15) is 27.8 Å². The normalized spacial score (nSPS) is 12.5. The first-order valence-electron chi connectivity index (χ1n) is 6.96. The number of anilines is 1. The highest BCUT2D eigenvalue weighted by Gasteiger charge is 2.39. The quantitative estimate of drug-likeness (QED) is 0.918. The van der Waals surface area contributed by atoms with E-state index in [2.05, 4.69) is 15.1 Å². The van der Waals surface area contributed by atoms with E-state index in [1.807, 2.05) is 13.8 Å². The average molecular weight is 301 g/mol. The van der Waals surface area contributed by atoms with E-state index in [0.717, 1.165) is 19.2 Å². The topological polar surface area (TPSA) is 69.1 Å². The molecule has 0 bridgehead atoms. The first kappa shape index (κ1) is 15.5. The maximum Gasteiger partial charge on any atom is 0.433 e. The molecule has 21 heavy (non-hydrogen) atoms. The van der Waals surface area contributed by atoms with Crippen molar-refractivity contribution in [2.75, 3.05) is 5.73 Å². The Kier molecular flexibility index (Phi) is 4.34. The van der Waals surface area contributed by atoms with Gasteiger partial charge in [-0.1, -0.05) is 26.7 Å². The van der Waals surface area contributed by atoms with E-state index < -0.39 is 11.9 Å². The molecule has 2 N–H and O–H groups in total. The Bertz CT molecular complexity index is 614. The van der Waals surface area contributed by atoms with Gasteiger partial charge in [-0.25, -0.2) is 4.98 Å². The highest BCUT2D eigenvalue weighted by molar-refractivity contribution is 5.52. The predicted octanol–water partition coefficient (Wildman–Crippen LogP) is 3.41. The lowest BCUT2D eigenvalue weighted by Crippen LogP contribution is -2.20. The first-order chi connectivity index (χ1) is 9.90. The minimum Gasteiger partial charge on any atom is -0.383 e. The molecule has 0 fully saturated rings. The van der Waals surface area contributed by atoms with Crippen LogP contribution in [0, 0.1) is 0 Å². The van der Waals surface area contributed by atoms with Crippen LogP contribution in [0.1, 0.15) is 56.7 Å². The van der Waals surface area contributed by atoms with Crippen LogP contribution in [-0.4, -0.2) is 19.6 Å². The molecule has 0 atom stereocenters. The standard InChI is InChI=1S/C13H18F3N5/c1-3-5-8(6-4-2)9-10(13(14,15)16)20-12-18-7-19-21(12)11(9)17/h7-8H,3-6,17H2,1-2H3.